The lowest BCUT2D eigenvalue weighted by Crippen LogP contribution is -2.16. The highest BCUT2D eigenvalue weighted by Gasteiger charge is 2.19. The van der Waals surface area contributed by atoms with Crippen molar-refractivity contribution in [2.45, 2.75) is 11.8 Å². The summed E-state index contributed by atoms with van der Waals surface area (Å²) in [6, 6.07) is 13.8. The van der Waals surface area contributed by atoms with Gasteiger partial charge in [-0.15, -0.1) is 0 Å². The van der Waals surface area contributed by atoms with Gasteiger partial charge in [-0.1, -0.05) is 29.8 Å². The number of benzene rings is 2. The van der Waals surface area contributed by atoms with Gasteiger partial charge in [-0.25, -0.2) is 13.4 Å². The molecule has 5 nitrogen and oxygen atoms in total. The summed E-state index contributed by atoms with van der Waals surface area (Å²) in [4.78, 5) is 4.46. The van der Waals surface area contributed by atoms with E-state index in [1.54, 1.807) is 42.5 Å². The van der Waals surface area contributed by atoms with Gasteiger partial charge >= 0.3 is 0 Å². The summed E-state index contributed by atoms with van der Waals surface area (Å²) < 4.78 is 33.0. The third kappa shape index (κ3) is 2.96. The predicted molar refractivity (Wildman–Crippen MR) is 85.8 cm³/mol. The van der Waals surface area contributed by atoms with E-state index in [1.807, 2.05) is 13.0 Å². The minimum Gasteiger partial charge on any atom is -0.475 e. The van der Waals surface area contributed by atoms with Gasteiger partial charge in [0.25, 0.3) is 10.0 Å². The fourth-order valence-electron chi connectivity index (χ4n) is 2.18. The van der Waals surface area contributed by atoms with Crippen LogP contribution in [0.1, 0.15) is 11.1 Å². The summed E-state index contributed by atoms with van der Waals surface area (Å²) in [5.74, 6) is 0.474. The third-order valence-corrected chi connectivity index (χ3v) is 4.70. The molecule has 0 spiro atoms. The van der Waals surface area contributed by atoms with Crippen LogP contribution in [0.2, 0.25) is 0 Å². The first-order valence-electron chi connectivity index (χ1n) is 6.92. The second-order valence-corrected chi connectivity index (χ2v) is 6.68. The normalized spacial score (nSPS) is 14.3. The van der Waals surface area contributed by atoms with E-state index in [4.69, 9.17) is 4.74 Å². The molecule has 6 heteroatoms. The summed E-state index contributed by atoms with van der Waals surface area (Å²) in [5.41, 5.74) is 2.12. The highest BCUT2D eigenvalue weighted by molar-refractivity contribution is 7.92. The number of anilines is 1. The molecule has 1 aliphatic rings. The van der Waals surface area contributed by atoms with E-state index >= 15 is 0 Å². The molecule has 0 saturated carbocycles. The van der Waals surface area contributed by atoms with E-state index in [-0.39, 0.29) is 4.90 Å². The Morgan fingerprint density at radius 2 is 1.82 bits per heavy atom. The SMILES string of the molecule is Cc1ccc(S(=O)(=O)Nc2ccccc2C2=NCCO2)cc1. The van der Waals surface area contributed by atoms with E-state index in [1.165, 1.54) is 0 Å². The van der Waals surface area contributed by atoms with Crippen LogP contribution >= 0.6 is 0 Å². The van der Waals surface area contributed by atoms with Crippen LogP contribution in [0.15, 0.2) is 58.4 Å². The first-order valence-corrected chi connectivity index (χ1v) is 8.41. The maximum Gasteiger partial charge on any atom is 0.261 e. The number of hydrogen-bond acceptors (Lipinski definition) is 4. The summed E-state index contributed by atoms with van der Waals surface area (Å²) in [6.07, 6.45) is 0. The lowest BCUT2D eigenvalue weighted by molar-refractivity contribution is 0.348. The van der Waals surface area contributed by atoms with Crippen molar-refractivity contribution < 1.29 is 13.2 Å². The molecule has 114 valence electrons. The Labute approximate surface area is 129 Å². The van der Waals surface area contributed by atoms with Crippen LogP contribution in [0, 0.1) is 6.92 Å². The molecule has 22 heavy (non-hydrogen) atoms. The van der Waals surface area contributed by atoms with Crippen LogP contribution in [0.4, 0.5) is 5.69 Å². The molecule has 0 radical (unpaired) electrons. The number of aliphatic imine (C=N–C) groups is 1. The Kier molecular flexibility index (Phi) is 3.85. The Morgan fingerprint density at radius 1 is 1.09 bits per heavy atom. The molecule has 0 aromatic heterocycles. The van der Waals surface area contributed by atoms with Gasteiger partial charge in [-0.3, -0.25) is 4.72 Å². The molecule has 1 aliphatic heterocycles. The summed E-state index contributed by atoms with van der Waals surface area (Å²) in [7, 11) is -3.64. The van der Waals surface area contributed by atoms with Crippen LogP contribution in [0.3, 0.4) is 0 Å². The lowest BCUT2D eigenvalue weighted by atomic mass is 10.2. The fourth-order valence-corrected chi connectivity index (χ4v) is 3.26. The molecule has 1 N–H and O–H groups in total. The van der Waals surface area contributed by atoms with Gasteiger partial charge in [0, 0.05) is 0 Å². The van der Waals surface area contributed by atoms with Crippen molar-refractivity contribution in [2.75, 3.05) is 17.9 Å². The maximum atomic E-state index is 12.5. The zero-order valence-corrected chi connectivity index (χ0v) is 12.9. The number of para-hydroxylation sites is 1. The zero-order chi connectivity index (χ0) is 15.6. The van der Waals surface area contributed by atoms with Crippen LogP contribution in [-0.2, 0) is 14.8 Å². The predicted octanol–water partition coefficient (Wildman–Crippen LogP) is 2.57. The Balaban J connectivity index is 1.94. The zero-order valence-electron chi connectivity index (χ0n) is 12.1. The van der Waals surface area contributed by atoms with Crippen molar-refractivity contribution in [2.24, 2.45) is 4.99 Å². The molecular formula is C16H16N2O3S. The standard InChI is InChI=1S/C16H16N2O3S/c1-12-6-8-13(9-7-12)22(19,20)18-15-5-3-2-4-14(15)16-17-10-11-21-16/h2-9,18H,10-11H2,1H3. The molecule has 0 bridgehead atoms. The van der Waals surface area contributed by atoms with Gasteiger partial charge < -0.3 is 4.74 Å². The molecule has 0 unspecified atom stereocenters. The number of rotatable bonds is 4. The summed E-state index contributed by atoms with van der Waals surface area (Å²) in [5, 5.41) is 0. The van der Waals surface area contributed by atoms with E-state index in [2.05, 4.69) is 9.71 Å². The molecule has 2 aromatic carbocycles. The third-order valence-electron chi connectivity index (χ3n) is 3.32. The van der Waals surface area contributed by atoms with Crippen molar-refractivity contribution >= 4 is 21.6 Å². The second kappa shape index (κ2) is 5.81. The first-order chi connectivity index (χ1) is 10.6. The van der Waals surface area contributed by atoms with Gasteiger partial charge in [0.2, 0.25) is 5.90 Å². The fraction of sp³-hybridized carbons (Fsp3) is 0.188. The molecule has 0 fully saturated rings. The van der Waals surface area contributed by atoms with Gasteiger partial charge in [0.05, 0.1) is 22.7 Å². The van der Waals surface area contributed by atoms with E-state index in [0.717, 1.165) is 5.56 Å². The van der Waals surface area contributed by atoms with Gasteiger partial charge in [-0.05, 0) is 31.2 Å². The average molecular weight is 316 g/mol. The minimum atomic E-state index is -3.64. The molecule has 3 rings (SSSR count). The van der Waals surface area contributed by atoms with Crippen LogP contribution in [-0.4, -0.2) is 27.5 Å². The number of hydrogen-bond donors (Lipinski definition) is 1. The summed E-state index contributed by atoms with van der Waals surface area (Å²) >= 11 is 0. The van der Waals surface area contributed by atoms with E-state index in [9.17, 15) is 8.42 Å². The van der Waals surface area contributed by atoms with Gasteiger partial charge in [0.15, 0.2) is 0 Å². The van der Waals surface area contributed by atoms with Crippen LogP contribution < -0.4 is 4.72 Å². The molecule has 0 aliphatic carbocycles. The average Bonchev–Trinajstić information content (AvgIpc) is 3.02. The highest BCUT2D eigenvalue weighted by Crippen LogP contribution is 2.22. The number of aryl methyl sites for hydroxylation is 1. The van der Waals surface area contributed by atoms with Crippen LogP contribution in [0.5, 0.6) is 0 Å². The Morgan fingerprint density at radius 3 is 2.50 bits per heavy atom. The molecule has 0 atom stereocenters. The van der Waals surface area contributed by atoms with Gasteiger partial charge in [0.1, 0.15) is 6.61 Å². The topological polar surface area (TPSA) is 67.8 Å². The Bertz CT molecular complexity index is 812. The van der Waals surface area contributed by atoms with Crippen molar-refractivity contribution in [1.29, 1.82) is 0 Å². The molecule has 1 heterocycles. The van der Waals surface area contributed by atoms with Crippen molar-refractivity contribution in [3.63, 3.8) is 0 Å². The largest absolute Gasteiger partial charge is 0.475 e. The molecule has 0 amide bonds. The molecule has 2 aromatic rings. The molecule has 0 saturated heterocycles. The number of ether oxygens (including phenoxy) is 1. The Hall–Kier alpha value is -2.34. The monoisotopic (exact) mass is 316 g/mol. The van der Waals surface area contributed by atoms with Crippen molar-refractivity contribution in [3.8, 4) is 0 Å². The second-order valence-electron chi connectivity index (χ2n) is 5.00. The minimum absolute atomic E-state index is 0.224. The number of nitrogens with zero attached hydrogens (tertiary/aromatic N) is 1. The van der Waals surface area contributed by atoms with Gasteiger partial charge in [-0.2, -0.15) is 0 Å². The maximum absolute atomic E-state index is 12.5. The highest BCUT2D eigenvalue weighted by atomic mass is 32.2. The lowest BCUT2D eigenvalue weighted by Gasteiger charge is -2.12. The van der Waals surface area contributed by atoms with E-state index in [0.29, 0.717) is 30.3 Å². The van der Waals surface area contributed by atoms with E-state index < -0.39 is 10.0 Å². The van der Waals surface area contributed by atoms with Crippen LogP contribution in [0.25, 0.3) is 0 Å². The van der Waals surface area contributed by atoms with Crippen molar-refractivity contribution in [3.05, 3.63) is 59.7 Å². The quantitative estimate of drug-likeness (QED) is 0.942. The smallest absolute Gasteiger partial charge is 0.261 e. The number of nitrogens with one attached hydrogen (secondary N) is 1. The van der Waals surface area contributed by atoms with Crippen molar-refractivity contribution in [1.82, 2.24) is 0 Å². The molecular weight excluding hydrogens is 300 g/mol. The first kappa shape index (κ1) is 14.6. The number of sulfonamides is 1. The summed E-state index contributed by atoms with van der Waals surface area (Å²) in [6.45, 7) is 3.03.